The van der Waals surface area contributed by atoms with Gasteiger partial charge in [-0.15, -0.1) is 0 Å². The second-order valence-corrected chi connectivity index (χ2v) is 4.19. The Morgan fingerprint density at radius 1 is 1.19 bits per heavy atom. The highest BCUT2D eigenvalue weighted by molar-refractivity contribution is 5.46. The Morgan fingerprint density at radius 2 is 1.95 bits per heavy atom. The fourth-order valence-electron chi connectivity index (χ4n) is 1.74. The lowest BCUT2D eigenvalue weighted by molar-refractivity contribution is 0.362. The highest BCUT2D eigenvalue weighted by atomic mass is 19.1. The number of rotatable bonds is 5. The van der Waals surface area contributed by atoms with Crippen molar-refractivity contribution in [2.45, 2.75) is 13.3 Å². The minimum absolute atomic E-state index is 0.274. The number of halogens is 2. The van der Waals surface area contributed by atoms with E-state index in [0.29, 0.717) is 11.8 Å². The van der Waals surface area contributed by atoms with Gasteiger partial charge in [0.2, 0.25) is 0 Å². The Morgan fingerprint density at radius 3 is 2.57 bits per heavy atom. The summed E-state index contributed by atoms with van der Waals surface area (Å²) in [5, 5.41) is 0. The largest absolute Gasteiger partial charge is 0.493 e. The third-order valence-corrected chi connectivity index (χ3v) is 2.88. The summed E-state index contributed by atoms with van der Waals surface area (Å²) in [7, 11) is 1.48. The molecule has 7 heteroatoms. The van der Waals surface area contributed by atoms with Gasteiger partial charge in [-0.05, 0) is 24.1 Å². The van der Waals surface area contributed by atoms with Crippen LogP contribution in [0.2, 0.25) is 0 Å². The van der Waals surface area contributed by atoms with Gasteiger partial charge in [-0.3, -0.25) is 0 Å². The van der Waals surface area contributed by atoms with E-state index in [2.05, 4.69) is 4.98 Å². The van der Waals surface area contributed by atoms with Crippen LogP contribution in [0.25, 0.3) is 0 Å². The molecule has 112 valence electrons. The van der Waals surface area contributed by atoms with E-state index in [4.69, 9.17) is 15.3 Å². The van der Waals surface area contributed by atoms with Gasteiger partial charge in [0.05, 0.1) is 7.11 Å². The van der Waals surface area contributed by atoms with Crippen LogP contribution in [0.3, 0.4) is 0 Å². The fourth-order valence-corrected chi connectivity index (χ4v) is 1.74. The van der Waals surface area contributed by atoms with Crippen molar-refractivity contribution in [2.24, 2.45) is 5.84 Å². The molecule has 1 aromatic heterocycles. The number of pyridine rings is 1. The summed E-state index contributed by atoms with van der Waals surface area (Å²) in [6.07, 6.45) is 0.820. The predicted molar refractivity (Wildman–Crippen MR) is 74.4 cm³/mol. The number of benzene rings is 1. The number of nitrogens with two attached hydrogens (primary N) is 1. The number of ether oxygens (including phenoxy) is 2. The lowest BCUT2D eigenvalue weighted by Crippen LogP contribution is -2.11. The second-order valence-electron chi connectivity index (χ2n) is 4.19. The molecule has 0 radical (unpaired) electrons. The van der Waals surface area contributed by atoms with Gasteiger partial charge in [-0.25, -0.2) is 14.6 Å². The van der Waals surface area contributed by atoms with Gasteiger partial charge in [-0.2, -0.15) is 4.98 Å². The average Bonchev–Trinajstić information content (AvgIpc) is 2.50. The number of aromatic nitrogens is 1. The summed E-state index contributed by atoms with van der Waals surface area (Å²) in [5.41, 5.74) is 3.07. The van der Waals surface area contributed by atoms with Crippen molar-refractivity contribution in [3.05, 3.63) is 41.5 Å². The molecular weight excluding hydrogens is 280 g/mol. The molecule has 1 aromatic carbocycles. The zero-order valence-electron chi connectivity index (χ0n) is 11.6. The van der Waals surface area contributed by atoms with E-state index < -0.39 is 17.5 Å². The van der Waals surface area contributed by atoms with Crippen LogP contribution in [0.15, 0.2) is 24.3 Å². The van der Waals surface area contributed by atoms with Crippen molar-refractivity contribution in [3.8, 4) is 17.4 Å². The molecule has 0 aliphatic heterocycles. The molecular formula is C14H15F2N3O2. The van der Waals surface area contributed by atoms with Crippen LogP contribution >= 0.6 is 0 Å². The standard InChI is InChI=1S/C14H15F2N3O2/c1-3-8-4-5-11(12(6-8)20-2)21-14-10(16)7-9(15)13(18-14)19-17/h4-7H,3,17H2,1-2H3,(H,18,19). The third kappa shape index (κ3) is 3.19. The van der Waals surface area contributed by atoms with Gasteiger partial charge in [0, 0.05) is 6.07 Å². The van der Waals surface area contributed by atoms with E-state index in [-0.39, 0.29) is 11.6 Å². The highest BCUT2D eigenvalue weighted by Gasteiger charge is 2.15. The number of nitrogens with zero attached hydrogens (tertiary/aromatic N) is 1. The van der Waals surface area contributed by atoms with E-state index in [9.17, 15) is 8.78 Å². The number of anilines is 1. The summed E-state index contributed by atoms with van der Waals surface area (Å²) in [4.78, 5) is 3.64. The van der Waals surface area contributed by atoms with E-state index in [1.807, 2.05) is 18.4 Å². The van der Waals surface area contributed by atoms with Gasteiger partial charge < -0.3 is 14.9 Å². The number of hydrogen-bond donors (Lipinski definition) is 2. The van der Waals surface area contributed by atoms with Crippen LogP contribution in [-0.2, 0) is 6.42 Å². The highest BCUT2D eigenvalue weighted by Crippen LogP contribution is 2.33. The van der Waals surface area contributed by atoms with Crippen molar-refractivity contribution < 1.29 is 18.3 Å². The van der Waals surface area contributed by atoms with Crippen molar-refractivity contribution in [2.75, 3.05) is 12.5 Å². The summed E-state index contributed by atoms with van der Waals surface area (Å²) < 4.78 is 37.5. The maximum Gasteiger partial charge on any atom is 0.258 e. The summed E-state index contributed by atoms with van der Waals surface area (Å²) in [5.74, 6) is 3.26. The Hall–Kier alpha value is -2.41. The molecule has 3 N–H and O–H groups in total. The maximum absolute atomic E-state index is 13.7. The Balaban J connectivity index is 2.38. The third-order valence-electron chi connectivity index (χ3n) is 2.88. The van der Waals surface area contributed by atoms with Gasteiger partial charge in [0.25, 0.3) is 5.88 Å². The van der Waals surface area contributed by atoms with Gasteiger partial charge in [0.1, 0.15) is 0 Å². The zero-order chi connectivity index (χ0) is 15.4. The topological polar surface area (TPSA) is 69.4 Å². The maximum atomic E-state index is 13.7. The van der Waals surface area contributed by atoms with Crippen LogP contribution in [0.5, 0.6) is 17.4 Å². The Kier molecular flexibility index (Phi) is 4.54. The van der Waals surface area contributed by atoms with Gasteiger partial charge >= 0.3 is 0 Å². The van der Waals surface area contributed by atoms with Crippen molar-refractivity contribution in [1.29, 1.82) is 0 Å². The zero-order valence-corrected chi connectivity index (χ0v) is 11.6. The second kappa shape index (κ2) is 6.36. The minimum atomic E-state index is -0.937. The van der Waals surface area contributed by atoms with Crippen molar-refractivity contribution >= 4 is 5.82 Å². The molecule has 0 bridgehead atoms. The van der Waals surface area contributed by atoms with Crippen molar-refractivity contribution in [3.63, 3.8) is 0 Å². The molecule has 1 heterocycles. The molecule has 0 saturated heterocycles. The molecule has 2 aromatic rings. The SMILES string of the molecule is CCc1ccc(Oc2nc(NN)c(F)cc2F)c(OC)c1. The summed E-state index contributed by atoms with van der Waals surface area (Å²) in [6, 6.07) is 5.88. The number of nitrogens with one attached hydrogen (secondary N) is 1. The smallest absolute Gasteiger partial charge is 0.258 e. The van der Waals surface area contributed by atoms with Gasteiger partial charge in [0.15, 0.2) is 29.0 Å². The summed E-state index contributed by atoms with van der Waals surface area (Å²) in [6.45, 7) is 2.00. The molecule has 21 heavy (non-hydrogen) atoms. The first kappa shape index (κ1) is 15.0. The van der Waals surface area contributed by atoms with Crippen LogP contribution in [0.4, 0.5) is 14.6 Å². The molecule has 0 spiro atoms. The Labute approximate surface area is 120 Å². The Bertz CT molecular complexity index is 650. The number of hydrazine groups is 1. The molecule has 2 rings (SSSR count). The van der Waals surface area contributed by atoms with Crippen molar-refractivity contribution in [1.82, 2.24) is 4.98 Å². The normalized spacial score (nSPS) is 10.3. The fraction of sp³-hybridized carbons (Fsp3) is 0.214. The molecule has 0 atom stereocenters. The molecule has 0 unspecified atom stereocenters. The monoisotopic (exact) mass is 295 g/mol. The number of nitrogen functional groups attached to an aromatic ring is 1. The van der Waals surface area contributed by atoms with Crippen LogP contribution in [-0.4, -0.2) is 12.1 Å². The van der Waals surface area contributed by atoms with Crippen LogP contribution in [0, 0.1) is 11.6 Å². The first-order valence-electron chi connectivity index (χ1n) is 6.26. The minimum Gasteiger partial charge on any atom is -0.493 e. The van der Waals surface area contributed by atoms with Crippen LogP contribution < -0.4 is 20.7 Å². The van der Waals surface area contributed by atoms with E-state index in [1.54, 1.807) is 12.1 Å². The molecule has 5 nitrogen and oxygen atoms in total. The summed E-state index contributed by atoms with van der Waals surface area (Å²) >= 11 is 0. The average molecular weight is 295 g/mol. The molecule has 0 aliphatic carbocycles. The van der Waals surface area contributed by atoms with Crippen LogP contribution in [0.1, 0.15) is 12.5 Å². The molecule has 0 fully saturated rings. The van der Waals surface area contributed by atoms with Gasteiger partial charge in [-0.1, -0.05) is 13.0 Å². The number of methoxy groups -OCH3 is 1. The quantitative estimate of drug-likeness (QED) is 0.655. The molecule has 0 amide bonds. The lowest BCUT2D eigenvalue weighted by atomic mass is 10.1. The lowest BCUT2D eigenvalue weighted by Gasteiger charge is -2.12. The first-order chi connectivity index (χ1) is 10.1. The molecule has 0 aliphatic rings. The number of hydrogen-bond acceptors (Lipinski definition) is 5. The van der Waals surface area contributed by atoms with E-state index in [0.717, 1.165) is 12.0 Å². The van der Waals surface area contributed by atoms with E-state index in [1.165, 1.54) is 7.11 Å². The van der Waals surface area contributed by atoms with E-state index >= 15 is 0 Å². The first-order valence-corrected chi connectivity index (χ1v) is 6.26. The predicted octanol–water partition coefficient (Wildman–Crippen LogP) is 3.01. The number of aryl methyl sites for hydroxylation is 1. The molecule has 0 saturated carbocycles.